The van der Waals surface area contributed by atoms with E-state index in [1.165, 1.54) is 5.12 Å². The van der Waals surface area contributed by atoms with Crippen molar-refractivity contribution in [2.45, 2.75) is 0 Å². The lowest BCUT2D eigenvalue weighted by Crippen LogP contribution is -2.38. The fraction of sp³-hybridized carbons (Fsp3) is 1.00. The quantitative estimate of drug-likeness (QED) is 0.339. The van der Waals surface area contributed by atoms with Gasteiger partial charge in [-0.2, -0.15) is 5.12 Å². The van der Waals surface area contributed by atoms with Crippen molar-refractivity contribution in [2.75, 3.05) is 21.1 Å². The van der Waals surface area contributed by atoms with E-state index in [0.29, 0.717) is 0 Å². The van der Waals surface area contributed by atoms with Gasteiger partial charge in [0.15, 0.2) is 0 Å². The molecule has 0 radical (unpaired) electrons. The number of rotatable bonds is 1. The van der Waals surface area contributed by atoms with E-state index in [1.807, 2.05) is 14.1 Å². The molecular formula is C3H11N3. The van der Waals surface area contributed by atoms with E-state index in [9.17, 15) is 0 Å². The molecule has 38 valence electrons. The maximum atomic E-state index is 5.19. The second-order valence-corrected chi connectivity index (χ2v) is 1.42. The second-order valence-electron chi connectivity index (χ2n) is 1.42. The molecule has 2 N–H and O–H groups in total. The maximum Gasteiger partial charge on any atom is 0.0174 e. The average Bonchev–Trinajstić information content (AvgIpc) is 1.36. The molecule has 0 saturated carbocycles. The second kappa shape index (κ2) is 2.12. The highest BCUT2D eigenvalue weighted by atomic mass is 15.7. The lowest BCUT2D eigenvalue weighted by molar-refractivity contribution is 0.0564. The monoisotopic (exact) mass is 89.1 g/mol. The van der Waals surface area contributed by atoms with Crippen molar-refractivity contribution in [3.05, 3.63) is 0 Å². The fourth-order valence-corrected chi connectivity index (χ4v) is 0. The first kappa shape index (κ1) is 5.88. The zero-order valence-corrected chi connectivity index (χ0v) is 4.47. The third-order valence-corrected chi connectivity index (χ3v) is 0.631. The lowest BCUT2D eigenvalue weighted by Gasteiger charge is -2.16. The van der Waals surface area contributed by atoms with Crippen LogP contribution in [0.3, 0.4) is 0 Å². The van der Waals surface area contributed by atoms with Gasteiger partial charge in [0.2, 0.25) is 0 Å². The molecule has 0 bridgehead atoms. The molecule has 0 aromatic heterocycles. The Balaban J connectivity index is 2.99. The molecule has 0 spiro atoms. The van der Waals surface area contributed by atoms with E-state index < -0.39 is 0 Å². The highest BCUT2D eigenvalue weighted by molar-refractivity contribution is 4.17. The minimum absolute atomic E-state index is 1.50. The van der Waals surface area contributed by atoms with Crippen molar-refractivity contribution in [3.63, 3.8) is 0 Å². The SMILES string of the molecule is CN(C)N(C)N. The van der Waals surface area contributed by atoms with Crippen molar-refractivity contribution >= 4 is 0 Å². The smallest absolute Gasteiger partial charge is 0.0174 e. The molecule has 0 aromatic rings. The van der Waals surface area contributed by atoms with Crippen LogP contribution >= 0.6 is 0 Å². The first-order chi connectivity index (χ1) is 2.64. The summed E-state index contributed by atoms with van der Waals surface area (Å²) in [6.07, 6.45) is 0. The summed E-state index contributed by atoms with van der Waals surface area (Å²) in [5.41, 5.74) is 0. The molecule has 0 fully saturated rings. The minimum atomic E-state index is 1.50. The Bertz CT molecular complexity index is 27.0. The molecule has 6 heavy (non-hydrogen) atoms. The molecule has 0 saturated heterocycles. The first-order valence-electron chi connectivity index (χ1n) is 1.80. The van der Waals surface area contributed by atoms with Crippen LogP contribution in [0.15, 0.2) is 0 Å². The van der Waals surface area contributed by atoms with Crippen LogP contribution in [0.1, 0.15) is 0 Å². The number of hydrogen-bond donors (Lipinski definition) is 1. The standard InChI is InChI=1S/C3H11N3/c1-5(2)6(3)4/h4H2,1-3H3. The largest absolute Gasteiger partial charge is 0.255 e. The Morgan fingerprint density at radius 1 is 1.17 bits per heavy atom. The summed E-state index contributed by atoms with van der Waals surface area (Å²) in [6, 6.07) is 0. The number of nitrogens with two attached hydrogens (primary N) is 1. The summed E-state index contributed by atoms with van der Waals surface area (Å²) in [7, 11) is 5.53. The van der Waals surface area contributed by atoms with E-state index in [-0.39, 0.29) is 0 Å². The topological polar surface area (TPSA) is 32.5 Å². The average molecular weight is 89.1 g/mol. The van der Waals surface area contributed by atoms with E-state index in [2.05, 4.69) is 0 Å². The van der Waals surface area contributed by atoms with Crippen LogP contribution in [0.25, 0.3) is 0 Å². The molecule has 3 nitrogen and oxygen atoms in total. The van der Waals surface area contributed by atoms with Crippen molar-refractivity contribution in [3.8, 4) is 0 Å². The van der Waals surface area contributed by atoms with Crippen LogP contribution in [-0.2, 0) is 0 Å². The lowest BCUT2D eigenvalue weighted by atomic mass is 11.1. The fourth-order valence-electron chi connectivity index (χ4n) is 0. The van der Waals surface area contributed by atoms with Crippen molar-refractivity contribution in [1.29, 1.82) is 0 Å². The Kier molecular flexibility index (Phi) is 2.08. The summed E-state index contributed by atoms with van der Waals surface area (Å²) >= 11 is 0. The summed E-state index contributed by atoms with van der Waals surface area (Å²) in [5, 5.41) is 3.28. The summed E-state index contributed by atoms with van der Waals surface area (Å²) in [5.74, 6) is 5.19. The van der Waals surface area contributed by atoms with Crippen LogP contribution in [0, 0.1) is 0 Å². The summed E-state index contributed by atoms with van der Waals surface area (Å²) < 4.78 is 0. The molecule has 0 aromatic carbocycles. The normalized spacial score (nSPS) is 11.0. The molecule has 0 atom stereocenters. The van der Waals surface area contributed by atoms with Crippen molar-refractivity contribution < 1.29 is 0 Å². The number of nitrogens with zero attached hydrogens (tertiary/aromatic N) is 2. The molecule has 0 heterocycles. The summed E-state index contributed by atoms with van der Waals surface area (Å²) in [4.78, 5) is 0. The highest BCUT2D eigenvalue weighted by Gasteiger charge is 1.85. The van der Waals surface area contributed by atoms with E-state index in [4.69, 9.17) is 5.84 Å². The van der Waals surface area contributed by atoms with Crippen LogP contribution < -0.4 is 5.84 Å². The molecule has 3 heteroatoms. The number of hydrogen-bond acceptors (Lipinski definition) is 3. The predicted molar refractivity (Wildman–Crippen MR) is 25.6 cm³/mol. The van der Waals surface area contributed by atoms with Crippen molar-refractivity contribution in [1.82, 2.24) is 10.1 Å². The summed E-state index contributed by atoms with van der Waals surface area (Å²) in [6.45, 7) is 0. The van der Waals surface area contributed by atoms with Gasteiger partial charge in [-0.1, -0.05) is 0 Å². The Hall–Kier alpha value is -0.120. The minimum Gasteiger partial charge on any atom is -0.255 e. The third kappa shape index (κ3) is 2.14. The van der Waals surface area contributed by atoms with Crippen molar-refractivity contribution in [2.24, 2.45) is 5.84 Å². The van der Waals surface area contributed by atoms with Gasteiger partial charge in [-0.05, 0) is 0 Å². The van der Waals surface area contributed by atoms with E-state index in [0.717, 1.165) is 0 Å². The maximum absolute atomic E-state index is 5.19. The molecule has 0 rings (SSSR count). The van der Waals surface area contributed by atoms with Gasteiger partial charge in [0, 0.05) is 21.1 Å². The molecule has 0 unspecified atom stereocenters. The van der Waals surface area contributed by atoms with Crippen LogP contribution in [0.5, 0.6) is 0 Å². The van der Waals surface area contributed by atoms with Gasteiger partial charge in [0.05, 0.1) is 0 Å². The zero-order valence-electron chi connectivity index (χ0n) is 4.47. The van der Waals surface area contributed by atoms with Gasteiger partial charge in [0.1, 0.15) is 0 Å². The van der Waals surface area contributed by atoms with Gasteiger partial charge in [-0.15, -0.1) is 0 Å². The Morgan fingerprint density at radius 3 is 1.33 bits per heavy atom. The van der Waals surface area contributed by atoms with Gasteiger partial charge in [-0.25, -0.2) is 5.01 Å². The van der Waals surface area contributed by atoms with Crippen LogP contribution in [0.4, 0.5) is 0 Å². The van der Waals surface area contributed by atoms with Gasteiger partial charge >= 0.3 is 0 Å². The zero-order chi connectivity index (χ0) is 5.15. The molecular weight excluding hydrogens is 78.1 g/mol. The number of hydrazine groups is 2. The van der Waals surface area contributed by atoms with E-state index >= 15 is 0 Å². The van der Waals surface area contributed by atoms with Gasteiger partial charge < -0.3 is 0 Å². The van der Waals surface area contributed by atoms with Crippen LogP contribution in [-0.4, -0.2) is 31.3 Å². The molecule has 0 amide bonds. The highest BCUT2D eigenvalue weighted by Crippen LogP contribution is 1.67. The molecule has 0 aliphatic carbocycles. The predicted octanol–water partition coefficient (Wildman–Crippen LogP) is -0.731. The Morgan fingerprint density at radius 2 is 1.33 bits per heavy atom. The molecule has 0 aliphatic heterocycles. The van der Waals surface area contributed by atoms with E-state index in [1.54, 1.807) is 12.1 Å². The van der Waals surface area contributed by atoms with Gasteiger partial charge in [0.25, 0.3) is 0 Å². The Labute approximate surface area is 38.3 Å². The first-order valence-corrected chi connectivity index (χ1v) is 1.80. The third-order valence-electron chi connectivity index (χ3n) is 0.631. The molecule has 0 aliphatic rings. The van der Waals surface area contributed by atoms with Gasteiger partial charge in [-0.3, -0.25) is 5.84 Å². The van der Waals surface area contributed by atoms with Crippen LogP contribution in [0.2, 0.25) is 0 Å².